The van der Waals surface area contributed by atoms with Crippen LogP contribution in [0.2, 0.25) is 0 Å². The van der Waals surface area contributed by atoms with Gasteiger partial charge in [0.25, 0.3) is 5.91 Å². The molecule has 3 aromatic carbocycles. The van der Waals surface area contributed by atoms with E-state index in [0.717, 1.165) is 29.4 Å². The van der Waals surface area contributed by atoms with Gasteiger partial charge in [0.05, 0.1) is 6.54 Å². The van der Waals surface area contributed by atoms with E-state index >= 15 is 0 Å². The molecule has 1 N–H and O–H groups in total. The highest BCUT2D eigenvalue weighted by Crippen LogP contribution is 2.21. The van der Waals surface area contributed by atoms with Crippen LogP contribution >= 0.6 is 0 Å². The summed E-state index contributed by atoms with van der Waals surface area (Å²) in [6, 6.07) is 22.0. The monoisotopic (exact) mass is 377 g/mol. The fourth-order valence-corrected chi connectivity index (χ4v) is 3.03. The first-order chi connectivity index (χ1) is 13.7. The molecule has 28 heavy (non-hydrogen) atoms. The highest BCUT2D eigenvalue weighted by molar-refractivity contribution is 5.84. The molecule has 4 heteroatoms. The molecule has 0 aliphatic rings. The Morgan fingerprint density at radius 3 is 2.43 bits per heavy atom. The Labute approximate surface area is 166 Å². The molecule has 0 aromatic heterocycles. The first kappa shape index (κ1) is 19.7. The Balaban J connectivity index is 1.42. The number of carbonyl (C=O) groups is 1. The summed E-state index contributed by atoms with van der Waals surface area (Å²) in [6.45, 7) is 4.76. The van der Waals surface area contributed by atoms with Gasteiger partial charge in [0.1, 0.15) is 18.1 Å². The summed E-state index contributed by atoms with van der Waals surface area (Å²) < 4.78 is 11.5. The molecule has 0 heterocycles. The minimum Gasteiger partial charge on any atom is -0.492 e. The van der Waals surface area contributed by atoms with Crippen LogP contribution < -0.4 is 14.8 Å². The van der Waals surface area contributed by atoms with Crippen molar-refractivity contribution in [3.8, 4) is 11.5 Å². The second-order valence-corrected chi connectivity index (χ2v) is 6.80. The summed E-state index contributed by atoms with van der Waals surface area (Å²) in [5, 5.41) is 5.09. The molecule has 1 unspecified atom stereocenters. The lowest BCUT2D eigenvalue weighted by molar-refractivity contribution is -0.127. The number of benzene rings is 3. The lowest BCUT2D eigenvalue weighted by Gasteiger charge is -2.15. The van der Waals surface area contributed by atoms with E-state index in [9.17, 15) is 4.79 Å². The topological polar surface area (TPSA) is 47.6 Å². The number of carbonyl (C=O) groups excluding carboxylic acids is 1. The number of ether oxygens (including phenoxy) is 2. The highest BCUT2D eigenvalue weighted by atomic mass is 16.5. The average molecular weight is 377 g/mol. The van der Waals surface area contributed by atoms with Crippen molar-refractivity contribution in [1.82, 2.24) is 5.32 Å². The van der Waals surface area contributed by atoms with Gasteiger partial charge >= 0.3 is 0 Å². The summed E-state index contributed by atoms with van der Waals surface area (Å²) in [5.74, 6) is 1.34. The van der Waals surface area contributed by atoms with E-state index in [1.807, 2.05) is 54.6 Å². The van der Waals surface area contributed by atoms with Gasteiger partial charge in [-0.25, -0.2) is 0 Å². The van der Waals surface area contributed by atoms with E-state index in [1.54, 1.807) is 6.92 Å². The fourth-order valence-electron chi connectivity index (χ4n) is 3.03. The smallest absolute Gasteiger partial charge is 0.260 e. The third-order valence-corrected chi connectivity index (χ3v) is 4.54. The van der Waals surface area contributed by atoms with Gasteiger partial charge in [0, 0.05) is 0 Å². The van der Waals surface area contributed by atoms with Crippen LogP contribution in [0, 0.1) is 0 Å². The van der Waals surface area contributed by atoms with Crippen LogP contribution in [0.3, 0.4) is 0 Å². The van der Waals surface area contributed by atoms with Crippen LogP contribution in [0.5, 0.6) is 11.5 Å². The van der Waals surface area contributed by atoms with Gasteiger partial charge in [0.2, 0.25) is 0 Å². The molecule has 0 saturated heterocycles. The van der Waals surface area contributed by atoms with Gasteiger partial charge in [-0.1, -0.05) is 55.8 Å². The van der Waals surface area contributed by atoms with E-state index in [1.165, 1.54) is 5.56 Å². The van der Waals surface area contributed by atoms with Crippen molar-refractivity contribution in [1.29, 1.82) is 0 Å². The third-order valence-electron chi connectivity index (χ3n) is 4.54. The molecule has 1 amide bonds. The van der Waals surface area contributed by atoms with Gasteiger partial charge < -0.3 is 14.8 Å². The largest absolute Gasteiger partial charge is 0.492 e. The summed E-state index contributed by atoms with van der Waals surface area (Å²) in [4.78, 5) is 12.2. The molecular weight excluding hydrogens is 350 g/mol. The van der Waals surface area contributed by atoms with Crippen molar-refractivity contribution in [3.63, 3.8) is 0 Å². The summed E-state index contributed by atoms with van der Waals surface area (Å²) in [7, 11) is 0. The number of hydrogen-bond acceptors (Lipinski definition) is 3. The second-order valence-electron chi connectivity index (χ2n) is 6.80. The number of fused-ring (bicyclic) bond motifs is 1. The molecule has 0 bridgehead atoms. The molecule has 146 valence electrons. The molecular formula is C24H27NO3. The average Bonchev–Trinajstić information content (AvgIpc) is 2.72. The van der Waals surface area contributed by atoms with Crippen molar-refractivity contribution in [3.05, 3.63) is 72.3 Å². The Bertz CT molecular complexity index is 905. The standard InChI is InChI=1S/C24H27NO3/c1-3-6-19-9-12-22(13-10-19)27-16-15-25-24(26)18(2)28-23-14-11-20-7-4-5-8-21(20)17-23/h4-5,7-14,17-18H,3,6,15-16H2,1-2H3,(H,25,26). The van der Waals surface area contributed by atoms with Gasteiger partial charge in [-0.2, -0.15) is 0 Å². The van der Waals surface area contributed by atoms with Crippen molar-refractivity contribution in [2.75, 3.05) is 13.2 Å². The predicted molar refractivity (Wildman–Crippen MR) is 113 cm³/mol. The number of amides is 1. The van der Waals surface area contributed by atoms with Gasteiger partial charge in [-0.15, -0.1) is 0 Å². The van der Waals surface area contributed by atoms with Crippen LogP contribution in [-0.4, -0.2) is 25.2 Å². The van der Waals surface area contributed by atoms with Crippen molar-refractivity contribution >= 4 is 16.7 Å². The molecule has 0 spiro atoms. The van der Waals surface area contributed by atoms with Crippen molar-refractivity contribution < 1.29 is 14.3 Å². The summed E-state index contributed by atoms with van der Waals surface area (Å²) in [6.07, 6.45) is 1.63. The molecule has 0 saturated carbocycles. The molecule has 0 fully saturated rings. The lowest BCUT2D eigenvalue weighted by atomic mass is 10.1. The molecule has 3 rings (SSSR count). The van der Waals surface area contributed by atoms with E-state index in [2.05, 4.69) is 24.4 Å². The Morgan fingerprint density at radius 1 is 0.964 bits per heavy atom. The fraction of sp³-hybridized carbons (Fsp3) is 0.292. The molecule has 0 aliphatic heterocycles. The number of rotatable bonds is 9. The first-order valence-electron chi connectivity index (χ1n) is 9.80. The maximum Gasteiger partial charge on any atom is 0.260 e. The SMILES string of the molecule is CCCc1ccc(OCCNC(=O)C(C)Oc2ccc3ccccc3c2)cc1. The second kappa shape index (κ2) is 9.79. The third kappa shape index (κ3) is 5.49. The van der Waals surface area contributed by atoms with Gasteiger partial charge in [-0.05, 0) is 53.9 Å². The number of aryl methyl sites for hydroxylation is 1. The Hall–Kier alpha value is -3.01. The van der Waals surface area contributed by atoms with Crippen molar-refractivity contribution in [2.45, 2.75) is 32.8 Å². The minimum atomic E-state index is -0.575. The molecule has 3 aromatic rings. The molecule has 0 radical (unpaired) electrons. The summed E-state index contributed by atoms with van der Waals surface area (Å²) in [5.41, 5.74) is 1.31. The van der Waals surface area contributed by atoms with E-state index in [-0.39, 0.29) is 5.91 Å². The first-order valence-corrected chi connectivity index (χ1v) is 9.80. The van der Waals surface area contributed by atoms with Crippen LogP contribution in [0.15, 0.2) is 66.7 Å². The van der Waals surface area contributed by atoms with E-state index in [0.29, 0.717) is 18.9 Å². The molecule has 0 aliphatic carbocycles. The van der Waals surface area contributed by atoms with E-state index in [4.69, 9.17) is 9.47 Å². The summed E-state index contributed by atoms with van der Waals surface area (Å²) >= 11 is 0. The molecule has 4 nitrogen and oxygen atoms in total. The maximum atomic E-state index is 12.2. The number of nitrogens with one attached hydrogen (secondary N) is 1. The normalized spacial score (nSPS) is 11.8. The zero-order valence-corrected chi connectivity index (χ0v) is 16.5. The van der Waals surface area contributed by atoms with Gasteiger partial charge in [-0.3, -0.25) is 4.79 Å². The van der Waals surface area contributed by atoms with Crippen molar-refractivity contribution in [2.24, 2.45) is 0 Å². The Morgan fingerprint density at radius 2 is 1.68 bits per heavy atom. The molecule has 1 atom stereocenters. The highest BCUT2D eigenvalue weighted by Gasteiger charge is 2.14. The zero-order valence-electron chi connectivity index (χ0n) is 16.5. The predicted octanol–water partition coefficient (Wildman–Crippen LogP) is 4.75. The van der Waals surface area contributed by atoms with Crippen LogP contribution in [0.1, 0.15) is 25.8 Å². The minimum absolute atomic E-state index is 0.157. The van der Waals surface area contributed by atoms with Crippen LogP contribution in [0.25, 0.3) is 10.8 Å². The lowest BCUT2D eigenvalue weighted by Crippen LogP contribution is -2.38. The number of hydrogen-bond donors (Lipinski definition) is 1. The quantitative estimate of drug-likeness (QED) is 0.547. The van der Waals surface area contributed by atoms with Crippen LogP contribution in [0.4, 0.5) is 0 Å². The Kier molecular flexibility index (Phi) is 6.90. The van der Waals surface area contributed by atoms with E-state index < -0.39 is 6.10 Å². The maximum absolute atomic E-state index is 12.2. The van der Waals surface area contributed by atoms with Crippen LogP contribution in [-0.2, 0) is 11.2 Å². The zero-order chi connectivity index (χ0) is 19.8. The van der Waals surface area contributed by atoms with Gasteiger partial charge in [0.15, 0.2) is 6.10 Å².